The van der Waals surface area contributed by atoms with Crippen LogP contribution >= 0.6 is 0 Å². The molecule has 0 aliphatic heterocycles. The predicted molar refractivity (Wildman–Crippen MR) is 172 cm³/mol. The van der Waals surface area contributed by atoms with Gasteiger partial charge in [-0.3, -0.25) is 0 Å². The molecule has 6 nitrogen and oxygen atoms in total. The summed E-state index contributed by atoms with van der Waals surface area (Å²) in [6.07, 6.45) is 3.35. The molecule has 0 aliphatic rings. The number of unbranched alkanes of at least 4 members (excludes halogenated alkanes) is 1. The van der Waals surface area contributed by atoms with Gasteiger partial charge < -0.3 is 19.7 Å². The van der Waals surface area contributed by atoms with Crippen molar-refractivity contribution in [2.45, 2.75) is 44.9 Å². The number of aryl methyl sites for hydroxylation is 3. The largest absolute Gasteiger partial charge is 0.462 e. The van der Waals surface area contributed by atoms with Crippen molar-refractivity contribution >= 4 is 11.9 Å². The van der Waals surface area contributed by atoms with Crippen molar-refractivity contribution in [2.24, 2.45) is 0 Å². The van der Waals surface area contributed by atoms with E-state index in [4.69, 9.17) is 19.7 Å². The molecule has 0 spiro atoms. The van der Waals surface area contributed by atoms with Crippen LogP contribution < -0.4 is 0 Å². The van der Waals surface area contributed by atoms with Crippen LogP contribution in [0.5, 0.6) is 0 Å². The van der Waals surface area contributed by atoms with Crippen LogP contribution in [0.4, 0.5) is 8.78 Å². The Morgan fingerprint density at radius 3 is 1.78 bits per heavy atom. The lowest BCUT2D eigenvalue weighted by Gasteiger charge is -2.14. The Kier molecular flexibility index (Phi) is 14.4. The highest BCUT2D eigenvalue weighted by molar-refractivity contribution is 5.88. The van der Waals surface area contributed by atoms with Crippen LogP contribution in [-0.2, 0) is 38.3 Å². The molecule has 3 rings (SSSR count). The van der Waals surface area contributed by atoms with Crippen molar-refractivity contribution in [1.82, 2.24) is 0 Å². The molecule has 0 amide bonds. The molecule has 238 valence electrons. The van der Waals surface area contributed by atoms with Gasteiger partial charge in [0.15, 0.2) is 0 Å². The average molecular weight is 619 g/mol. The molecule has 3 aromatic rings. The molecular formula is C37H40F2O6. The van der Waals surface area contributed by atoms with Gasteiger partial charge in [0.05, 0.1) is 37.6 Å². The molecule has 0 saturated carbocycles. The van der Waals surface area contributed by atoms with E-state index in [9.17, 15) is 18.4 Å². The second-order valence-corrected chi connectivity index (χ2v) is 10.7. The number of esters is 2. The smallest absolute Gasteiger partial charge is 0.335 e. The Bertz CT molecular complexity index is 1510. The number of rotatable bonds is 18. The minimum absolute atomic E-state index is 0.0222. The number of halogens is 2. The molecule has 8 heteroatoms. The first-order chi connectivity index (χ1) is 21.7. The minimum Gasteiger partial charge on any atom is -0.462 e. The van der Waals surface area contributed by atoms with Crippen molar-refractivity contribution in [3.8, 4) is 22.3 Å². The lowest BCUT2D eigenvalue weighted by atomic mass is 9.91. The van der Waals surface area contributed by atoms with Crippen molar-refractivity contribution in [3.05, 3.63) is 120 Å². The molecule has 0 radical (unpaired) electrons. The molecule has 0 saturated heterocycles. The van der Waals surface area contributed by atoms with Gasteiger partial charge in [-0.1, -0.05) is 79.9 Å². The number of aliphatic hydroxyl groups is 2. The maximum Gasteiger partial charge on any atom is 0.335 e. The van der Waals surface area contributed by atoms with Crippen molar-refractivity contribution in [3.63, 3.8) is 0 Å². The molecule has 0 aliphatic carbocycles. The Morgan fingerprint density at radius 1 is 0.689 bits per heavy atom. The van der Waals surface area contributed by atoms with Gasteiger partial charge in [0.1, 0.15) is 0 Å². The number of ether oxygens (including phenoxy) is 2. The standard InChI is InChI=1S/C37H40F2O6/c1-26(24-40)36(42)44-19-7-11-28-9-5-14-30(21-28)31-17-18-34(33(23-31)13-3-4-16-35(38)39)32-15-6-10-29(22-32)12-8-20-45-37(43)27(2)25-41/h5-6,9-10,14-18,21-23,40-41H,1-4,7-8,11-13,19-20,24-25H2. The van der Waals surface area contributed by atoms with Gasteiger partial charge in [-0.05, 0) is 90.0 Å². The fraction of sp³-hybridized carbons (Fsp3) is 0.297. The van der Waals surface area contributed by atoms with Crippen LogP contribution in [0.15, 0.2) is 103 Å². The molecule has 0 heterocycles. The molecule has 2 N–H and O–H groups in total. The number of hydrogen-bond acceptors (Lipinski definition) is 6. The Balaban J connectivity index is 1.76. The lowest BCUT2D eigenvalue weighted by molar-refractivity contribution is -0.140. The Hall–Kier alpha value is -4.40. The van der Waals surface area contributed by atoms with E-state index in [-0.39, 0.29) is 30.8 Å². The summed E-state index contributed by atoms with van der Waals surface area (Å²) < 4.78 is 35.7. The first-order valence-electron chi connectivity index (χ1n) is 15.0. The first-order valence-corrected chi connectivity index (χ1v) is 15.0. The van der Waals surface area contributed by atoms with E-state index in [1.165, 1.54) is 0 Å². The van der Waals surface area contributed by atoms with Crippen LogP contribution in [0.2, 0.25) is 0 Å². The van der Waals surface area contributed by atoms with Gasteiger partial charge in [-0.25, -0.2) is 9.59 Å². The number of benzene rings is 3. The molecule has 0 aromatic heterocycles. The van der Waals surface area contributed by atoms with Crippen LogP contribution in [0, 0.1) is 0 Å². The van der Waals surface area contributed by atoms with E-state index in [0.29, 0.717) is 38.5 Å². The molecular weight excluding hydrogens is 578 g/mol. The summed E-state index contributed by atoms with van der Waals surface area (Å²) >= 11 is 0. The maximum atomic E-state index is 12.7. The van der Waals surface area contributed by atoms with Crippen molar-refractivity contribution < 1.29 is 38.1 Å². The van der Waals surface area contributed by atoms with Gasteiger partial charge in [-0.15, -0.1) is 0 Å². The minimum atomic E-state index is -1.67. The van der Waals surface area contributed by atoms with Crippen LogP contribution in [-0.4, -0.2) is 48.6 Å². The van der Waals surface area contributed by atoms with Gasteiger partial charge in [-0.2, -0.15) is 8.78 Å². The fourth-order valence-electron chi connectivity index (χ4n) is 4.78. The van der Waals surface area contributed by atoms with Crippen molar-refractivity contribution in [1.29, 1.82) is 0 Å². The topological polar surface area (TPSA) is 93.1 Å². The highest BCUT2D eigenvalue weighted by Crippen LogP contribution is 2.31. The summed E-state index contributed by atoms with van der Waals surface area (Å²) in [5.41, 5.74) is 7.32. The number of aliphatic hydroxyl groups excluding tert-OH is 2. The molecule has 0 bridgehead atoms. The fourth-order valence-corrected chi connectivity index (χ4v) is 4.78. The van der Waals surface area contributed by atoms with Crippen LogP contribution in [0.1, 0.15) is 42.4 Å². The summed E-state index contributed by atoms with van der Waals surface area (Å²) in [6.45, 7) is 6.50. The maximum absolute atomic E-state index is 12.7. The molecule has 0 atom stereocenters. The van der Waals surface area contributed by atoms with E-state index < -0.39 is 31.2 Å². The van der Waals surface area contributed by atoms with Gasteiger partial charge in [0.2, 0.25) is 0 Å². The van der Waals surface area contributed by atoms with E-state index in [1.807, 2.05) is 36.4 Å². The zero-order chi connectivity index (χ0) is 32.6. The van der Waals surface area contributed by atoms with E-state index in [0.717, 1.165) is 45.0 Å². The summed E-state index contributed by atoms with van der Waals surface area (Å²) in [5.74, 6) is -1.20. The average Bonchev–Trinajstić information content (AvgIpc) is 3.06. The number of carbonyl (C=O) groups excluding carboxylic acids is 2. The number of allylic oxidation sites excluding steroid dienone is 1. The Labute approximate surface area is 263 Å². The second-order valence-electron chi connectivity index (χ2n) is 10.7. The van der Waals surface area contributed by atoms with Crippen molar-refractivity contribution in [2.75, 3.05) is 26.4 Å². The predicted octanol–water partition coefficient (Wildman–Crippen LogP) is 7.17. The third-order valence-corrected chi connectivity index (χ3v) is 7.20. The SMILES string of the molecule is C=C(CO)C(=O)OCCCc1cccc(-c2ccc(-c3cccc(CCCOC(=O)C(=C)CO)c3)c(CCCC=C(F)F)c2)c1. The summed E-state index contributed by atoms with van der Waals surface area (Å²) in [4.78, 5) is 23.4. The second kappa shape index (κ2) is 18.4. The lowest BCUT2D eigenvalue weighted by Crippen LogP contribution is -2.11. The summed E-state index contributed by atoms with van der Waals surface area (Å²) in [6, 6.07) is 22.5. The highest BCUT2D eigenvalue weighted by atomic mass is 19.3. The monoisotopic (exact) mass is 618 g/mol. The van der Waals surface area contributed by atoms with Gasteiger partial charge in [0.25, 0.3) is 6.08 Å². The quantitative estimate of drug-likeness (QED) is 0.0892. The number of hydrogen-bond donors (Lipinski definition) is 2. The van der Waals surface area contributed by atoms with Gasteiger partial charge in [0, 0.05) is 0 Å². The molecule has 45 heavy (non-hydrogen) atoms. The zero-order valence-electron chi connectivity index (χ0n) is 25.4. The van der Waals surface area contributed by atoms with E-state index in [1.54, 1.807) is 0 Å². The zero-order valence-corrected chi connectivity index (χ0v) is 25.4. The molecule has 3 aromatic carbocycles. The highest BCUT2D eigenvalue weighted by Gasteiger charge is 2.11. The van der Waals surface area contributed by atoms with E-state index >= 15 is 0 Å². The molecule has 0 fully saturated rings. The first kappa shape index (κ1) is 35.1. The molecule has 0 unspecified atom stereocenters. The van der Waals surface area contributed by atoms with Crippen LogP contribution in [0.25, 0.3) is 22.3 Å². The third-order valence-electron chi connectivity index (χ3n) is 7.20. The third kappa shape index (κ3) is 11.6. The number of carbonyl (C=O) groups is 2. The normalized spacial score (nSPS) is 10.7. The summed E-state index contributed by atoms with van der Waals surface area (Å²) in [5, 5.41) is 18.0. The van der Waals surface area contributed by atoms with E-state index in [2.05, 4.69) is 43.5 Å². The van der Waals surface area contributed by atoms with Gasteiger partial charge >= 0.3 is 11.9 Å². The summed E-state index contributed by atoms with van der Waals surface area (Å²) in [7, 11) is 0. The Morgan fingerprint density at radius 2 is 1.22 bits per heavy atom. The van der Waals surface area contributed by atoms with Crippen LogP contribution in [0.3, 0.4) is 0 Å².